The summed E-state index contributed by atoms with van der Waals surface area (Å²) in [6, 6.07) is 5.51. The van der Waals surface area contributed by atoms with Crippen molar-refractivity contribution in [3.05, 3.63) is 53.6 Å². The molecule has 8 heteroatoms. The van der Waals surface area contributed by atoms with Gasteiger partial charge in [0.15, 0.2) is 5.65 Å². The summed E-state index contributed by atoms with van der Waals surface area (Å²) in [5, 5.41) is 17.1. The summed E-state index contributed by atoms with van der Waals surface area (Å²) >= 11 is 0. The van der Waals surface area contributed by atoms with Crippen LogP contribution in [0.2, 0.25) is 0 Å². The summed E-state index contributed by atoms with van der Waals surface area (Å²) in [5.41, 5.74) is 4.20. The molecule has 0 aliphatic carbocycles. The standard InChI is InChI=1S/C20H23N7O/c1-12(21)14-6-5-13(8-16(14)22-2)20(28)26-18-11-27-10-17(15-4-3-7-23-15)25-19(27)9-24-18/h5-6,8-11,15,21-23H,3-4,7H2,1-2H3,(H,26,28). The lowest BCUT2D eigenvalue weighted by Crippen LogP contribution is -2.14. The fraction of sp³-hybridized carbons (Fsp3) is 0.300. The highest BCUT2D eigenvalue weighted by molar-refractivity contribution is 6.07. The van der Waals surface area contributed by atoms with E-state index in [2.05, 4.69) is 25.9 Å². The molecule has 4 rings (SSSR count). The van der Waals surface area contributed by atoms with E-state index in [-0.39, 0.29) is 11.9 Å². The minimum absolute atomic E-state index is 0.254. The molecule has 3 aromatic rings. The number of anilines is 2. The fourth-order valence-corrected chi connectivity index (χ4v) is 3.50. The number of fused-ring (bicyclic) bond motifs is 1. The van der Waals surface area contributed by atoms with Gasteiger partial charge in [0.2, 0.25) is 0 Å². The third kappa shape index (κ3) is 3.46. The predicted molar refractivity (Wildman–Crippen MR) is 109 cm³/mol. The van der Waals surface area contributed by atoms with Gasteiger partial charge in [0.1, 0.15) is 5.82 Å². The Morgan fingerprint density at radius 1 is 1.36 bits per heavy atom. The van der Waals surface area contributed by atoms with Crippen molar-refractivity contribution in [3.8, 4) is 0 Å². The van der Waals surface area contributed by atoms with Gasteiger partial charge in [0, 0.05) is 35.8 Å². The number of benzene rings is 1. The van der Waals surface area contributed by atoms with Crippen molar-refractivity contribution >= 4 is 28.8 Å². The van der Waals surface area contributed by atoms with Gasteiger partial charge in [-0.15, -0.1) is 0 Å². The molecule has 1 saturated heterocycles. The quantitative estimate of drug-likeness (QED) is 0.512. The van der Waals surface area contributed by atoms with Crippen LogP contribution < -0.4 is 16.0 Å². The Balaban J connectivity index is 1.55. The average Bonchev–Trinajstić information content (AvgIpc) is 3.36. The van der Waals surface area contributed by atoms with E-state index in [0.717, 1.165) is 42.0 Å². The van der Waals surface area contributed by atoms with E-state index in [1.165, 1.54) is 0 Å². The van der Waals surface area contributed by atoms with E-state index in [1.54, 1.807) is 44.6 Å². The number of hydrogen-bond donors (Lipinski definition) is 4. The van der Waals surface area contributed by atoms with Crippen molar-refractivity contribution in [1.29, 1.82) is 5.41 Å². The first kappa shape index (κ1) is 18.1. The molecule has 1 aromatic carbocycles. The van der Waals surface area contributed by atoms with Crippen molar-refractivity contribution in [1.82, 2.24) is 19.7 Å². The predicted octanol–water partition coefficient (Wildman–Crippen LogP) is 2.84. The smallest absolute Gasteiger partial charge is 0.256 e. The fourth-order valence-electron chi connectivity index (χ4n) is 3.50. The summed E-state index contributed by atoms with van der Waals surface area (Å²) < 4.78 is 1.89. The maximum Gasteiger partial charge on any atom is 0.256 e. The van der Waals surface area contributed by atoms with E-state index < -0.39 is 0 Å². The van der Waals surface area contributed by atoms with Crippen LogP contribution in [0.1, 0.15) is 47.4 Å². The third-order valence-corrected chi connectivity index (χ3v) is 4.97. The number of carbonyl (C=O) groups is 1. The monoisotopic (exact) mass is 377 g/mol. The zero-order valence-corrected chi connectivity index (χ0v) is 15.9. The zero-order valence-electron chi connectivity index (χ0n) is 15.9. The van der Waals surface area contributed by atoms with Gasteiger partial charge < -0.3 is 25.8 Å². The van der Waals surface area contributed by atoms with E-state index in [1.807, 2.05) is 10.6 Å². The number of nitrogens with zero attached hydrogens (tertiary/aromatic N) is 3. The molecular formula is C20H23N7O. The van der Waals surface area contributed by atoms with Crippen LogP contribution in [-0.4, -0.2) is 39.6 Å². The number of amides is 1. The lowest BCUT2D eigenvalue weighted by molar-refractivity contribution is 0.102. The molecule has 1 fully saturated rings. The Bertz CT molecular complexity index is 1050. The van der Waals surface area contributed by atoms with E-state index in [9.17, 15) is 4.79 Å². The van der Waals surface area contributed by atoms with Gasteiger partial charge in [0.05, 0.1) is 24.1 Å². The highest BCUT2D eigenvalue weighted by Gasteiger charge is 2.19. The zero-order chi connectivity index (χ0) is 19.7. The van der Waals surface area contributed by atoms with Gasteiger partial charge >= 0.3 is 0 Å². The van der Waals surface area contributed by atoms with Gasteiger partial charge in [0.25, 0.3) is 5.91 Å². The topological polar surface area (TPSA) is 107 Å². The van der Waals surface area contributed by atoms with Crippen LogP contribution in [0.25, 0.3) is 5.65 Å². The lowest BCUT2D eigenvalue weighted by Gasteiger charge is -2.11. The first-order valence-corrected chi connectivity index (χ1v) is 9.32. The molecule has 0 bridgehead atoms. The number of imidazole rings is 1. The molecular weight excluding hydrogens is 354 g/mol. The van der Waals surface area contributed by atoms with E-state index in [4.69, 9.17) is 5.41 Å². The largest absolute Gasteiger partial charge is 0.388 e. The molecule has 0 spiro atoms. The van der Waals surface area contributed by atoms with Gasteiger partial charge in [-0.3, -0.25) is 4.79 Å². The molecule has 0 radical (unpaired) electrons. The molecule has 4 N–H and O–H groups in total. The second-order valence-corrected chi connectivity index (χ2v) is 6.94. The third-order valence-electron chi connectivity index (χ3n) is 4.97. The molecule has 3 heterocycles. The van der Waals surface area contributed by atoms with Crippen molar-refractivity contribution in [3.63, 3.8) is 0 Å². The minimum Gasteiger partial charge on any atom is -0.388 e. The number of hydrogen-bond acceptors (Lipinski definition) is 6. The molecule has 0 saturated carbocycles. The summed E-state index contributed by atoms with van der Waals surface area (Å²) in [7, 11) is 1.77. The maximum absolute atomic E-state index is 12.6. The van der Waals surface area contributed by atoms with Crippen molar-refractivity contribution in [2.45, 2.75) is 25.8 Å². The van der Waals surface area contributed by atoms with E-state index >= 15 is 0 Å². The normalized spacial score (nSPS) is 16.3. The highest BCUT2D eigenvalue weighted by Crippen LogP contribution is 2.23. The second kappa shape index (κ2) is 7.40. The Hall–Kier alpha value is -3.26. The molecule has 1 atom stereocenters. The summed E-state index contributed by atoms with van der Waals surface area (Å²) in [6.45, 7) is 2.73. The minimum atomic E-state index is -0.254. The van der Waals surface area contributed by atoms with Crippen molar-refractivity contribution in [2.75, 3.05) is 24.2 Å². The van der Waals surface area contributed by atoms with Gasteiger partial charge in [-0.25, -0.2) is 9.97 Å². The lowest BCUT2D eigenvalue weighted by atomic mass is 10.1. The highest BCUT2D eigenvalue weighted by atomic mass is 16.1. The van der Waals surface area contributed by atoms with Crippen molar-refractivity contribution in [2.24, 2.45) is 0 Å². The molecule has 1 amide bonds. The van der Waals surface area contributed by atoms with Crippen molar-refractivity contribution < 1.29 is 4.79 Å². The van der Waals surface area contributed by atoms with Crippen LogP contribution in [0, 0.1) is 5.41 Å². The summed E-state index contributed by atoms with van der Waals surface area (Å²) in [4.78, 5) is 21.6. The molecule has 1 aliphatic rings. The summed E-state index contributed by atoms with van der Waals surface area (Å²) in [6.07, 6.45) is 7.65. The Morgan fingerprint density at radius 2 is 2.21 bits per heavy atom. The molecule has 1 unspecified atom stereocenters. The SMILES string of the molecule is CNc1cc(C(=O)Nc2cn3cc(C4CCCN4)nc3cn2)ccc1C(C)=N. The molecule has 1 aliphatic heterocycles. The average molecular weight is 377 g/mol. The Kier molecular flexibility index (Phi) is 4.79. The first-order chi connectivity index (χ1) is 13.5. The molecule has 28 heavy (non-hydrogen) atoms. The van der Waals surface area contributed by atoms with Gasteiger partial charge in [-0.05, 0) is 38.4 Å². The van der Waals surface area contributed by atoms with Crippen LogP contribution >= 0.6 is 0 Å². The Morgan fingerprint density at radius 3 is 2.93 bits per heavy atom. The summed E-state index contributed by atoms with van der Waals surface area (Å²) in [5.74, 6) is 0.203. The molecule has 144 valence electrons. The number of rotatable bonds is 5. The van der Waals surface area contributed by atoms with Crippen LogP contribution in [-0.2, 0) is 0 Å². The number of aromatic nitrogens is 3. The number of nitrogens with one attached hydrogen (secondary N) is 4. The maximum atomic E-state index is 12.6. The van der Waals surface area contributed by atoms with Crippen LogP contribution in [0.4, 0.5) is 11.5 Å². The van der Waals surface area contributed by atoms with Gasteiger partial charge in [-0.1, -0.05) is 6.07 Å². The van der Waals surface area contributed by atoms with Crippen LogP contribution in [0.15, 0.2) is 36.8 Å². The molecule has 2 aromatic heterocycles. The van der Waals surface area contributed by atoms with Crippen LogP contribution in [0.3, 0.4) is 0 Å². The molecule has 8 nitrogen and oxygen atoms in total. The van der Waals surface area contributed by atoms with Crippen LogP contribution in [0.5, 0.6) is 0 Å². The number of carbonyl (C=O) groups excluding carboxylic acids is 1. The van der Waals surface area contributed by atoms with E-state index in [0.29, 0.717) is 17.1 Å². The Labute approximate surface area is 162 Å². The first-order valence-electron chi connectivity index (χ1n) is 9.32. The second-order valence-electron chi connectivity index (χ2n) is 6.94. The van der Waals surface area contributed by atoms with Gasteiger partial charge in [-0.2, -0.15) is 0 Å².